The van der Waals surface area contributed by atoms with Crippen LogP contribution >= 0.6 is 11.6 Å². The normalized spacial score (nSPS) is 10.5. The quantitative estimate of drug-likeness (QED) is 0.841. The van der Waals surface area contributed by atoms with Crippen molar-refractivity contribution in [1.29, 1.82) is 0 Å². The lowest BCUT2D eigenvalue weighted by Crippen LogP contribution is -2.12. The maximum absolute atomic E-state index is 6.05. The van der Waals surface area contributed by atoms with Crippen LogP contribution in [0.2, 0.25) is 5.02 Å². The molecule has 15 heavy (non-hydrogen) atoms. The van der Waals surface area contributed by atoms with Crippen LogP contribution in [0.25, 0.3) is 11.4 Å². The molecule has 0 aliphatic carbocycles. The average molecular weight is 224 g/mol. The first-order valence-electron chi connectivity index (χ1n) is 4.54. The van der Waals surface area contributed by atoms with Gasteiger partial charge in [-0.15, -0.1) is 5.10 Å². The average Bonchev–Trinajstić information content (AvgIpc) is 2.67. The van der Waals surface area contributed by atoms with Gasteiger partial charge in [0.2, 0.25) is 0 Å². The summed E-state index contributed by atoms with van der Waals surface area (Å²) >= 11 is 6.05. The molecule has 5 nitrogen and oxygen atoms in total. The summed E-state index contributed by atoms with van der Waals surface area (Å²) in [4.78, 5) is 0. The number of benzene rings is 1. The van der Waals surface area contributed by atoms with Crippen molar-refractivity contribution in [3.05, 3.63) is 29.3 Å². The van der Waals surface area contributed by atoms with Crippen molar-refractivity contribution in [2.45, 2.75) is 6.54 Å². The molecule has 1 heterocycles. The Bertz CT molecular complexity index is 453. The van der Waals surface area contributed by atoms with Crippen molar-refractivity contribution in [3.8, 4) is 11.4 Å². The van der Waals surface area contributed by atoms with Crippen LogP contribution in [0.4, 0.5) is 0 Å². The predicted octanol–water partition coefficient (Wildman–Crippen LogP) is 0.952. The van der Waals surface area contributed by atoms with Gasteiger partial charge >= 0.3 is 0 Å². The lowest BCUT2D eigenvalue weighted by atomic mass is 10.2. The Kier molecular flexibility index (Phi) is 2.94. The Morgan fingerprint density at radius 2 is 2.13 bits per heavy atom. The molecule has 0 atom stereocenters. The molecular weight excluding hydrogens is 214 g/mol. The summed E-state index contributed by atoms with van der Waals surface area (Å²) in [7, 11) is 0. The van der Waals surface area contributed by atoms with Crippen LogP contribution in [0.15, 0.2) is 24.3 Å². The lowest BCUT2D eigenvalue weighted by molar-refractivity contribution is 0.603. The van der Waals surface area contributed by atoms with Crippen molar-refractivity contribution in [3.63, 3.8) is 0 Å². The zero-order chi connectivity index (χ0) is 10.7. The highest BCUT2D eigenvalue weighted by molar-refractivity contribution is 6.33. The summed E-state index contributed by atoms with van der Waals surface area (Å²) in [6.45, 7) is 1.07. The molecule has 0 saturated carbocycles. The highest BCUT2D eigenvalue weighted by atomic mass is 35.5. The number of hydrogen-bond acceptors (Lipinski definition) is 4. The third kappa shape index (κ3) is 1.98. The number of rotatable bonds is 3. The van der Waals surface area contributed by atoms with Gasteiger partial charge < -0.3 is 5.73 Å². The second-order valence-corrected chi connectivity index (χ2v) is 3.40. The summed E-state index contributed by atoms with van der Waals surface area (Å²) in [5.41, 5.74) is 6.27. The third-order valence-corrected chi connectivity index (χ3v) is 2.32. The summed E-state index contributed by atoms with van der Waals surface area (Å²) in [6, 6.07) is 7.44. The van der Waals surface area contributed by atoms with E-state index in [1.165, 1.54) is 0 Å². The van der Waals surface area contributed by atoms with Gasteiger partial charge in [-0.2, -0.15) is 0 Å². The van der Waals surface area contributed by atoms with Crippen LogP contribution in [0.5, 0.6) is 0 Å². The molecule has 2 N–H and O–H groups in total. The number of halogens is 1. The van der Waals surface area contributed by atoms with Crippen LogP contribution in [0.1, 0.15) is 0 Å². The van der Waals surface area contributed by atoms with E-state index in [1.807, 2.05) is 18.2 Å². The van der Waals surface area contributed by atoms with Gasteiger partial charge in [0.25, 0.3) is 0 Å². The number of aromatic nitrogens is 4. The van der Waals surface area contributed by atoms with Gasteiger partial charge in [0.15, 0.2) is 5.82 Å². The second-order valence-electron chi connectivity index (χ2n) is 2.99. The van der Waals surface area contributed by atoms with Crippen molar-refractivity contribution < 1.29 is 0 Å². The van der Waals surface area contributed by atoms with E-state index in [4.69, 9.17) is 17.3 Å². The summed E-state index contributed by atoms with van der Waals surface area (Å²) in [6.07, 6.45) is 0. The Labute approximate surface area is 91.8 Å². The smallest absolute Gasteiger partial charge is 0.183 e. The topological polar surface area (TPSA) is 69.6 Å². The molecule has 1 aromatic carbocycles. The van der Waals surface area contributed by atoms with E-state index < -0.39 is 0 Å². The maximum Gasteiger partial charge on any atom is 0.183 e. The van der Waals surface area contributed by atoms with E-state index in [-0.39, 0.29) is 0 Å². The van der Waals surface area contributed by atoms with Gasteiger partial charge in [-0.1, -0.05) is 23.7 Å². The second kappa shape index (κ2) is 4.37. The van der Waals surface area contributed by atoms with Gasteiger partial charge in [0.05, 0.1) is 11.6 Å². The summed E-state index contributed by atoms with van der Waals surface area (Å²) in [5, 5.41) is 12.0. The van der Waals surface area contributed by atoms with Crippen molar-refractivity contribution in [1.82, 2.24) is 20.2 Å². The minimum atomic E-state index is 0.489. The largest absolute Gasteiger partial charge is 0.329 e. The molecule has 0 aliphatic rings. The van der Waals surface area contributed by atoms with Crippen LogP contribution in [-0.4, -0.2) is 26.8 Å². The van der Waals surface area contributed by atoms with Gasteiger partial charge in [-0.25, -0.2) is 4.68 Å². The molecule has 0 radical (unpaired) electrons. The molecule has 78 valence electrons. The highest BCUT2D eigenvalue weighted by Crippen LogP contribution is 2.24. The van der Waals surface area contributed by atoms with E-state index in [9.17, 15) is 0 Å². The molecule has 2 rings (SSSR count). The molecule has 6 heteroatoms. The summed E-state index contributed by atoms with van der Waals surface area (Å²) < 4.78 is 1.64. The molecular formula is C9H10ClN5. The lowest BCUT2D eigenvalue weighted by Gasteiger charge is -2.03. The monoisotopic (exact) mass is 223 g/mol. The number of nitrogens with zero attached hydrogens (tertiary/aromatic N) is 4. The van der Waals surface area contributed by atoms with Gasteiger partial charge in [-0.3, -0.25) is 0 Å². The minimum Gasteiger partial charge on any atom is -0.329 e. The van der Waals surface area contributed by atoms with E-state index >= 15 is 0 Å². The van der Waals surface area contributed by atoms with Crippen LogP contribution in [0, 0.1) is 0 Å². The molecule has 0 amide bonds. The maximum atomic E-state index is 6.05. The molecule has 0 unspecified atom stereocenters. The zero-order valence-corrected chi connectivity index (χ0v) is 8.72. The van der Waals surface area contributed by atoms with Crippen LogP contribution < -0.4 is 5.73 Å². The fourth-order valence-corrected chi connectivity index (χ4v) is 1.53. The molecule has 0 spiro atoms. The number of nitrogens with two attached hydrogens (primary N) is 1. The van der Waals surface area contributed by atoms with E-state index in [0.29, 0.717) is 23.9 Å². The first-order chi connectivity index (χ1) is 7.33. The Hall–Kier alpha value is -1.46. The van der Waals surface area contributed by atoms with Gasteiger partial charge in [0.1, 0.15) is 0 Å². The van der Waals surface area contributed by atoms with Crippen LogP contribution in [-0.2, 0) is 6.54 Å². The third-order valence-electron chi connectivity index (χ3n) is 1.99. The Balaban J connectivity index is 2.45. The van der Waals surface area contributed by atoms with Crippen molar-refractivity contribution in [2.24, 2.45) is 5.73 Å². The molecule has 0 saturated heterocycles. The summed E-state index contributed by atoms with van der Waals surface area (Å²) in [5.74, 6) is 0.644. The molecule has 2 aromatic rings. The fraction of sp³-hybridized carbons (Fsp3) is 0.222. The van der Waals surface area contributed by atoms with E-state index in [2.05, 4.69) is 15.5 Å². The predicted molar refractivity (Wildman–Crippen MR) is 57.3 cm³/mol. The Morgan fingerprint density at radius 3 is 2.87 bits per heavy atom. The number of hydrogen-bond donors (Lipinski definition) is 1. The van der Waals surface area contributed by atoms with Gasteiger partial charge in [0, 0.05) is 12.1 Å². The molecule has 0 bridgehead atoms. The van der Waals surface area contributed by atoms with Crippen LogP contribution in [0.3, 0.4) is 0 Å². The minimum absolute atomic E-state index is 0.489. The molecule has 0 fully saturated rings. The van der Waals surface area contributed by atoms with Crippen molar-refractivity contribution in [2.75, 3.05) is 6.54 Å². The van der Waals surface area contributed by atoms with E-state index in [0.717, 1.165) is 5.56 Å². The van der Waals surface area contributed by atoms with E-state index in [1.54, 1.807) is 10.7 Å². The Morgan fingerprint density at radius 1 is 1.33 bits per heavy atom. The molecule has 1 aromatic heterocycles. The first kappa shape index (κ1) is 10.1. The van der Waals surface area contributed by atoms with Crippen molar-refractivity contribution >= 4 is 11.6 Å². The first-order valence-corrected chi connectivity index (χ1v) is 4.92. The molecule has 0 aliphatic heterocycles. The highest BCUT2D eigenvalue weighted by Gasteiger charge is 2.10. The van der Waals surface area contributed by atoms with Gasteiger partial charge in [-0.05, 0) is 22.6 Å². The fourth-order valence-electron chi connectivity index (χ4n) is 1.31. The standard InChI is InChI=1S/C9H10ClN5/c10-8-4-2-1-3-7(8)9-12-13-14-15(9)6-5-11/h1-4H,5-6,11H2. The SMILES string of the molecule is NCCn1nnnc1-c1ccccc1Cl. The number of tetrazole rings is 1. The zero-order valence-electron chi connectivity index (χ0n) is 7.97.